The van der Waals surface area contributed by atoms with Gasteiger partial charge in [0.15, 0.2) is 0 Å². The maximum absolute atomic E-state index is 9.87. The molecule has 1 saturated heterocycles. The number of thiazole rings is 1. The normalized spacial score (nSPS) is 10.7. The van der Waals surface area contributed by atoms with Crippen molar-refractivity contribution in [1.29, 1.82) is 5.26 Å². The molecule has 0 atom stereocenters. The van der Waals surface area contributed by atoms with Gasteiger partial charge in [-0.3, -0.25) is 4.90 Å². The van der Waals surface area contributed by atoms with Crippen molar-refractivity contribution in [3.63, 3.8) is 0 Å². The van der Waals surface area contributed by atoms with Crippen LogP contribution in [0.5, 0.6) is 5.88 Å². The highest BCUT2D eigenvalue weighted by Crippen LogP contribution is 2.33. The Morgan fingerprint density at radius 2 is 1.37 bits per heavy atom. The van der Waals surface area contributed by atoms with Crippen LogP contribution in [0.25, 0.3) is 21.6 Å². The average molecular weight is 699 g/mol. The predicted molar refractivity (Wildman–Crippen MR) is 198 cm³/mol. The number of nitrogens with zero attached hydrogens (tertiary/aromatic N) is 4. The summed E-state index contributed by atoms with van der Waals surface area (Å²) in [6.45, 7) is 10.9. The van der Waals surface area contributed by atoms with E-state index in [0.29, 0.717) is 16.5 Å². The lowest BCUT2D eigenvalue weighted by Crippen LogP contribution is -2.35. The minimum Gasteiger partial charge on any atom is -0.469 e. The van der Waals surface area contributed by atoms with Gasteiger partial charge in [0.05, 0.1) is 23.8 Å². The van der Waals surface area contributed by atoms with Gasteiger partial charge in [-0.25, -0.2) is 9.97 Å². The van der Waals surface area contributed by atoms with Crippen LogP contribution < -0.4 is 4.74 Å². The van der Waals surface area contributed by atoms with Crippen LogP contribution in [0.2, 0.25) is 5.02 Å². The number of nitriles is 1. The molecule has 0 bridgehead atoms. The Balaban J connectivity index is 0.000000310. The Labute approximate surface area is 305 Å². The molecular formula is C43H27ClN4O2S. The fourth-order valence-corrected chi connectivity index (χ4v) is 5.53. The highest BCUT2D eigenvalue weighted by Gasteiger charge is 2.19. The van der Waals surface area contributed by atoms with Crippen LogP contribution >= 0.6 is 22.9 Å². The largest absolute Gasteiger partial charge is 0.469 e. The molecule has 2 aromatic heterocycles. The van der Waals surface area contributed by atoms with Crippen molar-refractivity contribution in [3.05, 3.63) is 182 Å². The van der Waals surface area contributed by atoms with Gasteiger partial charge in [0.1, 0.15) is 23.2 Å². The summed E-state index contributed by atoms with van der Waals surface area (Å²) in [6.07, 6.45) is 1.65. The van der Waals surface area contributed by atoms with Gasteiger partial charge in [0.2, 0.25) is 5.88 Å². The van der Waals surface area contributed by atoms with Crippen LogP contribution in [0.1, 0.15) is 16.3 Å². The Morgan fingerprint density at radius 1 is 0.784 bits per heavy atom. The van der Waals surface area contributed by atoms with E-state index in [-0.39, 0.29) is 6.61 Å². The lowest BCUT2D eigenvalue weighted by atomic mass is 10.0. The van der Waals surface area contributed by atoms with Gasteiger partial charge in [0, 0.05) is 36.4 Å². The zero-order valence-corrected chi connectivity index (χ0v) is 29.0. The molecule has 0 radical (unpaired) electrons. The number of aromatic nitrogens is 2. The van der Waals surface area contributed by atoms with E-state index in [1.807, 2.05) is 36.4 Å². The first kappa shape index (κ1) is 37.2. The summed E-state index contributed by atoms with van der Waals surface area (Å²) < 4.78 is 11.5. The second-order valence-corrected chi connectivity index (χ2v) is 11.5. The van der Waals surface area contributed by atoms with E-state index in [1.54, 1.807) is 29.7 Å². The molecule has 244 valence electrons. The molecule has 2 aromatic carbocycles. The van der Waals surface area contributed by atoms with Crippen LogP contribution in [0.4, 0.5) is 0 Å². The fourth-order valence-electron chi connectivity index (χ4n) is 4.42. The number of hydrogen-bond acceptors (Lipinski definition) is 7. The molecular weight excluding hydrogens is 672 g/mol. The third-order valence-electron chi connectivity index (χ3n) is 6.63. The Morgan fingerprint density at radius 3 is 1.94 bits per heavy atom. The molecule has 0 N–H and O–H groups in total. The minimum absolute atomic E-state index is 0.235. The first-order chi connectivity index (χ1) is 25.1. The van der Waals surface area contributed by atoms with E-state index in [9.17, 15) is 5.26 Å². The van der Waals surface area contributed by atoms with Gasteiger partial charge < -0.3 is 9.47 Å². The quantitative estimate of drug-likeness (QED) is 0.180. The van der Waals surface area contributed by atoms with E-state index >= 15 is 0 Å². The van der Waals surface area contributed by atoms with Crippen molar-refractivity contribution < 1.29 is 9.47 Å². The molecule has 1 aliphatic rings. The van der Waals surface area contributed by atoms with E-state index < -0.39 is 0 Å². The second kappa shape index (κ2) is 21.4. The number of rotatable bonds is 7. The summed E-state index contributed by atoms with van der Waals surface area (Å²) in [6, 6.07) is 21.7. The number of pyridine rings is 1. The maximum atomic E-state index is 9.87. The molecule has 51 heavy (non-hydrogen) atoms. The second-order valence-electron chi connectivity index (χ2n) is 9.94. The van der Waals surface area contributed by atoms with Gasteiger partial charge in [-0.2, -0.15) is 5.26 Å². The monoisotopic (exact) mass is 698 g/mol. The Bertz CT molecular complexity index is 2370. The standard InChI is InChI=1S/C27H23ClN4O2S.C16H4/c28-21-8-6-19(7-9-21)22-10-11-30-27(23(22)16-29)34-18-25-31-24(17-32-12-14-33-15-13-32)26(35-25)20-4-2-1-3-5-20;1-3-5-7-9-11-13-15-16-14-12-10-8-6-4-2/h1-11H,12-15,17-18H2;1-2H2. The zero-order chi connectivity index (χ0) is 35.9. The Kier molecular flexibility index (Phi) is 15.6. The van der Waals surface area contributed by atoms with Crippen molar-refractivity contribution in [2.45, 2.75) is 13.2 Å². The van der Waals surface area contributed by atoms with E-state index in [2.05, 4.69) is 121 Å². The number of hydrogen-bond donors (Lipinski definition) is 0. The van der Waals surface area contributed by atoms with Gasteiger partial charge in [0.25, 0.3) is 0 Å². The summed E-state index contributed by atoms with van der Waals surface area (Å²) in [4.78, 5) is 12.8. The Hall–Kier alpha value is -6.62. The van der Waals surface area contributed by atoms with Crippen molar-refractivity contribution in [2.24, 2.45) is 0 Å². The van der Waals surface area contributed by atoms with E-state index in [1.165, 1.54) is 0 Å². The molecule has 0 unspecified atom stereocenters. The molecule has 4 aromatic rings. The molecule has 1 fully saturated rings. The van der Waals surface area contributed by atoms with Crippen molar-refractivity contribution >= 4 is 22.9 Å². The molecule has 0 amide bonds. The molecule has 0 saturated carbocycles. The zero-order valence-electron chi connectivity index (χ0n) is 27.4. The van der Waals surface area contributed by atoms with Gasteiger partial charge >= 0.3 is 0 Å². The molecule has 0 aliphatic carbocycles. The SMILES string of the molecule is C=C=C=C=C=C=C=C=C=C=C=C=C=C=C=C.N#Cc1c(-c2ccc(Cl)cc2)ccnc1OCc1nc(CN2CCOCC2)c(-c2ccccc2)s1. The summed E-state index contributed by atoms with van der Waals surface area (Å²) in [5.41, 5.74) is 38.6. The first-order valence-corrected chi connectivity index (χ1v) is 16.5. The van der Waals surface area contributed by atoms with Crippen LogP contribution in [-0.2, 0) is 17.9 Å². The number of morpholine rings is 1. The third-order valence-corrected chi connectivity index (χ3v) is 8.01. The van der Waals surface area contributed by atoms with Gasteiger partial charge in [-0.05, 0) is 111 Å². The lowest BCUT2D eigenvalue weighted by molar-refractivity contribution is 0.0337. The molecule has 1 aliphatic heterocycles. The summed E-state index contributed by atoms with van der Waals surface area (Å²) in [5, 5.41) is 11.4. The van der Waals surface area contributed by atoms with Crippen molar-refractivity contribution in [1.82, 2.24) is 14.9 Å². The van der Waals surface area contributed by atoms with E-state index in [0.717, 1.165) is 65.1 Å². The topological polar surface area (TPSA) is 71.3 Å². The molecule has 8 heteroatoms. The van der Waals surface area contributed by atoms with Crippen molar-refractivity contribution in [3.8, 4) is 33.5 Å². The summed E-state index contributed by atoms with van der Waals surface area (Å²) in [5.74, 6) is 0.297. The van der Waals surface area contributed by atoms with Crippen LogP contribution in [0, 0.1) is 11.3 Å². The smallest absolute Gasteiger partial charge is 0.232 e. The van der Waals surface area contributed by atoms with Crippen molar-refractivity contribution in [2.75, 3.05) is 26.3 Å². The summed E-state index contributed by atoms with van der Waals surface area (Å²) >= 11 is 7.64. The number of benzene rings is 2. The fraction of sp³-hybridized carbons (Fsp3) is 0.140. The lowest BCUT2D eigenvalue weighted by Gasteiger charge is -2.26. The third kappa shape index (κ3) is 12.4. The maximum Gasteiger partial charge on any atom is 0.232 e. The number of halogens is 1. The predicted octanol–water partition coefficient (Wildman–Crippen LogP) is 8.78. The van der Waals surface area contributed by atoms with Crippen LogP contribution in [0.15, 0.2) is 160 Å². The summed E-state index contributed by atoms with van der Waals surface area (Å²) in [7, 11) is 0. The number of ether oxygens (including phenoxy) is 2. The average Bonchev–Trinajstić information content (AvgIpc) is 3.58. The van der Waals surface area contributed by atoms with E-state index in [4.69, 9.17) is 26.1 Å². The highest BCUT2D eigenvalue weighted by molar-refractivity contribution is 7.15. The van der Waals surface area contributed by atoms with Crippen LogP contribution in [-0.4, -0.2) is 41.2 Å². The van der Waals surface area contributed by atoms with Gasteiger partial charge in [-0.1, -0.05) is 65.5 Å². The molecule has 6 nitrogen and oxygen atoms in total. The first-order valence-electron chi connectivity index (χ1n) is 15.3. The minimum atomic E-state index is 0.235. The van der Waals surface area contributed by atoms with Gasteiger partial charge in [-0.15, -0.1) is 11.3 Å². The molecule has 0 spiro atoms. The molecule has 5 rings (SSSR count). The van der Waals surface area contributed by atoms with Crippen LogP contribution in [0.3, 0.4) is 0 Å². The highest BCUT2D eigenvalue weighted by atomic mass is 35.5. The molecule has 3 heterocycles.